The average molecular weight is 296 g/mol. The van der Waals surface area contributed by atoms with Gasteiger partial charge in [0.1, 0.15) is 12.2 Å². The molecule has 0 amide bonds. The van der Waals surface area contributed by atoms with E-state index in [0.29, 0.717) is 6.42 Å². The SMILES string of the molecule is CC(=O)OCC(C)(O)C1/C=C\C(C)(O)CC/C=C(/C)CC1. The van der Waals surface area contributed by atoms with Crippen LogP contribution in [0.4, 0.5) is 0 Å². The van der Waals surface area contributed by atoms with Crippen molar-refractivity contribution in [2.45, 2.75) is 64.6 Å². The minimum absolute atomic E-state index is 0.0394. The van der Waals surface area contributed by atoms with Crippen molar-refractivity contribution in [1.29, 1.82) is 0 Å². The lowest BCUT2D eigenvalue weighted by Crippen LogP contribution is -2.39. The zero-order valence-corrected chi connectivity index (χ0v) is 13.6. The lowest BCUT2D eigenvalue weighted by atomic mass is 9.82. The van der Waals surface area contributed by atoms with Crippen LogP contribution in [-0.4, -0.2) is 34.0 Å². The molecule has 3 atom stereocenters. The Morgan fingerprint density at radius 1 is 1.57 bits per heavy atom. The van der Waals surface area contributed by atoms with Crippen LogP contribution in [0.1, 0.15) is 53.4 Å². The Balaban J connectivity index is 2.89. The monoisotopic (exact) mass is 296 g/mol. The maximum absolute atomic E-state index is 11.0. The summed E-state index contributed by atoms with van der Waals surface area (Å²) in [5.74, 6) is -0.577. The number of ether oxygens (including phenoxy) is 1. The van der Waals surface area contributed by atoms with Gasteiger partial charge in [0.15, 0.2) is 0 Å². The fourth-order valence-corrected chi connectivity index (χ4v) is 2.47. The van der Waals surface area contributed by atoms with Crippen molar-refractivity contribution in [3.8, 4) is 0 Å². The van der Waals surface area contributed by atoms with E-state index in [1.54, 1.807) is 19.9 Å². The van der Waals surface area contributed by atoms with E-state index in [2.05, 4.69) is 13.0 Å². The molecule has 0 aromatic carbocycles. The van der Waals surface area contributed by atoms with Crippen molar-refractivity contribution in [1.82, 2.24) is 0 Å². The van der Waals surface area contributed by atoms with E-state index >= 15 is 0 Å². The molecule has 0 saturated heterocycles. The predicted molar refractivity (Wildman–Crippen MR) is 82.7 cm³/mol. The summed E-state index contributed by atoms with van der Waals surface area (Å²) in [6.07, 6.45) is 8.90. The van der Waals surface area contributed by atoms with Gasteiger partial charge in [-0.1, -0.05) is 23.8 Å². The Morgan fingerprint density at radius 3 is 2.86 bits per heavy atom. The summed E-state index contributed by atoms with van der Waals surface area (Å²) in [5, 5.41) is 20.9. The molecule has 0 heterocycles. The summed E-state index contributed by atoms with van der Waals surface area (Å²) in [6.45, 7) is 6.80. The third-order valence-electron chi connectivity index (χ3n) is 4.05. The van der Waals surface area contributed by atoms with Crippen molar-refractivity contribution in [2.24, 2.45) is 5.92 Å². The van der Waals surface area contributed by atoms with Crippen molar-refractivity contribution in [2.75, 3.05) is 6.61 Å². The first-order chi connectivity index (χ1) is 9.62. The number of carbonyl (C=O) groups is 1. The van der Waals surface area contributed by atoms with E-state index in [0.717, 1.165) is 19.3 Å². The van der Waals surface area contributed by atoms with Crippen LogP contribution in [-0.2, 0) is 9.53 Å². The number of hydrogen-bond donors (Lipinski definition) is 2. The summed E-state index contributed by atoms with van der Waals surface area (Å²) in [6, 6.07) is 0. The number of aliphatic hydroxyl groups is 2. The molecule has 4 nitrogen and oxygen atoms in total. The Kier molecular flexibility index (Phi) is 6.17. The highest BCUT2D eigenvalue weighted by molar-refractivity contribution is 5.65. The minimum Gasteiger partial charge on any atom is -0.463 e. The zero-order valence-electron chi connectivity index (χ0n) is 13.6. The molecule has 4 heteroatoms. The van der Waals surface area contributed by atoms with Crippen molar-refractivity contribution in [3.05, 3.63) is 23.8 Å². The molecule has 0 saturated carbocycles. The second-order valence-corrected chi connectivity index (χ2v) is 6.59. The van der Waals surface area contributed by atoms with Crippen LogP contribution < -0.4 is 0 Å². The average Bonchev–Trinajstić information content (AvgIpc) is 2.35. The summed E-state index contributed by atoms with van der Waals surface area (Å²) in [5.41, 5.74) is -0.767. The first-order valence-corrected chi connectivity index (χ1v) is 7.55. The van der Waals surface area contributed by atoms with E-state index in [1.807, 2.05) is 6.08 Å². The van der Waals surface area contributed by atoms with Crippen LogP contribution in [0.3, 0.4) is 0 Å². The van der Waals surface area contributed by atoms with E-state index in [9.17, 15) is 15.0 Å². The molecule has 1 aliphatic carbocycles. The number of allylic oxidation sites excluding steroid dienone is 2. The first-order valence-electron chi connectivity index (χ1n) is 7.55. The highest BCUT2D eigenvalue weighted by Gasteiger charge is 2.32. The van der Waals surface area contributed by atoms with Crippen LogP contribution in [0.5, 0.6) is 0 Å². The van der Waals surface area contributed by atoms with Gasteiger partial charge in [0.2, 0.25) is 0 Å². The van der Waals surface area contributed by atoms with Crippen LogP contribution in [0.25, 0.3) is 0 Å². The van der Waals surface area contributed by atoms with Crippen molar-refractivity contribution in [3.63, 3.8) is 0 Å². The number of hydrogen-bond acceptors (Lipinski definition) is 4. The molecule has 0 bridgehead atoms. The highest BCUT2D eigenvalue weighted by atomic mass is 16.5. The summed E-state index contributed by atoms with van der Waals surface area (Å²) in [4.78, 5) is 11.0. The molecule has 0 fully saturated rings. The molecule has 1 aliphatic rings. The van der Waals surface area contributed by atoms with Crippen LogP contribution in [0.2, 0.25) is 0 Å². The quantitative estimate of drug-likeness (QED) is 0.621. The molecule has 0 spiro atoms. The fourth-order valence-electron chi connectivity index (χ4n) is 2.47. The van der Waals surface area contributed by atoms with Gasteiger partial charge in [0.05, 0.1) is 5.60 Å². The maximum atomic E-state index is 11.0. The Hall–Kier alpha value is -1.13. The normalized spacial score (nSPS) is 34.2. The van der Waals surface area contributed by atoms with Gasteiger partial charge >= 0.3 is 5.97 Å². The summed E-state index contributed by atoms with van der Waals surface area (Å²) in [7, 11) is 0. The van der Waals surface area contributed by atoms with Crippen LogP contribution in [0, 0.1) is 5.92 Å². The van der Waals surface area contributed by atoms with Gasteiger partial charge in [0.25, 0.3) is 0 Å². The molecule has 21 heavy (non-hydrogen) atoms. The molecular weight excluding hydrogens is 268 g/mol. The molecule has 0 aliphatic heterocycles. The van der Waals surface area contributed by atoms with Gasteiger partial charge in [-0.25, -0.2) is 0 Å². The lowest BCUT2D eigenvalue weighted by molar-refractivity contribution is -0.150. The zero-order chi connectivity index (χ0) is 16.1. The van der Waals surface area contributed by atoms with Gasteiger partial charge in [-0.15, -0.1) is 0 Å². The number of esters is 1. The van der Waals surface area contributed by atoms with Gasteiger partial charge in [-0.05, 0) is 46.5 Å². The Morgan fingerprint density at radius 2 is 2.24 bits per heavy atom. The minimum atomic E-state index is -1.14. The predicted octanol–water partition coefficient (Wildman–Crippen LogP) is 2.74. The van der Waals surface area contributed by atoms with E-state index in [1.165, 1.54) is 12.5 Å². The molecule has 0 aromatic heterocycles. The third-order valence-corrected chi connectivity index (χ3v) is 4.05. The number of carbonyl (C=O) groups excluding carboxylic acids is 1. The second-order valence-electron chi connectivity index (χ2n) is 6.59. The molecule has 3 unspecified atom stereocenters. The fraction of sp³-hybridized carbons (Fsp3) is 0.706. The van der Waals surface area contributed by atoms with Crippen LogP contribution in [0.15, 0.2) is 23.8 Å². The van der Waals surface area contributed by atoms with Crippen LogP contribution >= 0.6 is 0 Å². The van der Waals surface area contributed by atoms with Gasteiger partial charge in [-0.3, -0.25) is 4.79 Å². The van der Waals surface area contributed by atoms with Gasteiger partial charge in [-0.2, -0.15) is 0 Å². The van der Waals surface area contributed by atoms with E-state index < -0.39 is 17.2 Å². The van der Waals surface area contributed by atoms with Gasteiger partial charge < -0.3 is 14.9 Å². The third kappa shape index (κ3) is 6.44. The van der Waals surface area contributed by atoms with E-state index in [4.69, 9.17) is 4.74 Å². The topological polar surface area (TPSA) is 66.8 Å². The Labute approximate surface area is 127 Å². The summed E-state index contributed by atoms with van der Waals surface area (Å²) >= 11 is 0. The number of rotatable bonds is 3. The molecule has 120 valence electrons. The Bertz CT molecular complexity index is 419. The molecule has 1 rings (SSSR count). The molecule has 0 aromatic rings. The molecular formula is C17H28O4. The lowest BCUT2D eigenvalue weighted by Gasteiger charge is -2.32. The highest BCUT2D eigenvalue weighted by Crippen LogP contribution is 2.29. The maximum Gasteiger partial charge on any atom is 0.302 e. The van der Waals surface area contributed by atoms with E-state index in [-0.39, 0.29) is 12.5 Å². The van der Waals surface area contributed by atoms with Crippen molar-refractivity contribution >= 4 is 5.97 Å². The smallest absolute Gasteiger partial charge is 0.302 e. The van der Waals surface area contributed by atoms with Crippen molar-refractivity contribution < 1.29 is 19.7 Å². The van der Waals surface area contributed by atoms with Gasteiger partial charge in [0, 0.05) is 12.8 Å². The second kappa shape index (κ2) is 7.23. The first kappa shape index (κ1) is 17.9. The molecule has 0 radical (unpaired) electrons. The largest absolute Gasteiger partial charge is 0.463 e. The summed E-state index contributed by atoms with van der Waals surface area (Å²) < 4.78 is 4.97. The molecule has 2 N–H and O–H groups in total. The standard InChI is InChI=1S/C17H28O4/c1-13-6-5-10-16(3,19)11-9-15(8-7-13)17(4,20)12-21-14(2)18/h6,9,11,15,19-20H,5,7-8,10,12H2,1-4H3/b11-9-,13-6-.